The fraction of sp³-hybridized carbons (Fsp3) is 0.692. The number of hydrogen-bond acceptors (Lipinski definition) is 4. The van der Waals surface area contributed by atoms with Crippen molar-refractivity contribution in [3.8, 4) is 0 Å². The summed E-state index contributed by atoms with van der Waals surface area (Å²) in [6.45, 7) is 3.01. The minimum Gasteiger partial charge on any atom is -0.373 e. The lowest BCUT2D eigenvalue weighted by Gasteiger charge is -2.19. The van der Waals surface area contributed by atoms with E-state index in [0.717, 1.165) is 25.0 Å². The molecule has 0 radical (unpaired) electrons. The number of nitrogens with two attached hydrogens (primary N) is 1. The van der Waals surface area contributed by atoms with Crippen LogP contribution in [0.25, 0.3) is 0 Å². The van der Waals surface area contributed by atoms with Crippen LogP contribution in [-0.4, -0.2) is 31.2 Å². The van der Waals surface area contributed by atoms with Crippen molar-refractivity contribution in [1.29, 1.82) is 0 Å². The minimum absolute atomic E-state index is 0.0389. The summed E-state index contributed by atoms with van der Waals surface area (Å²) in [5.41, 5.74) is 6.47. The van der Waals surface area contributed by atoms with Crippen LogP contribution in [0.2, 0.25) is 0 Å². The first-order chi connectivity index (χ1) is 9.53. The Morgan fingerprint density at radius 3 is 2.80 bits per heavy atom. The molecule has 6 nitrogen and oxygen atoms in total. The number of rotatable bonds is 5. The Kier molecular flexibility index (Phi) is 3.62. The SMILES string of the molecule is CCn1cc(S(=O)(=O)NC2CC3CCC2O3)cc1CN. The predicted molar refractivity (Wildman–Crippen MR) is 74.6 cm³/mol. The molecule has 2 bridgehead atoms. The smallest absolute Gasteiger partial charge is 0.242 e. The number of ether oxygens (including phenoxy) is 1. The largest absolute Gasteiger partial charge is 0.373 e. The molecule has 0 amide bonds. The maximum Gasteiger partial charge on any atom is 0.242 e. The van der Waals surface area contributed by atoms with Crippen LogP contribution < -0.4 is 10.5 Å². The highest BCUT2D eigenvalue weighted by Gasteiger charge is 2.42. The van der Waals surface area contributed by atoms with Gasteiger partial charge >= 0.3 is 0 Å². The topological polar surface area (TPSA) is 86.3 Å². The van der Waals surface area contributed by atoms with Crippen LogP contribution in [0.15, 0.2) is 17.2 Å². The Bertz CT molecular complexity index is 575. The number of aryl methyl sites for hydroxylation is 1. The van der Waals surface area contributed by atoms with E-state index in [0.29, 0.717) is 18.0 Å². The summed E-state index contributed by atoms with van der Waals surface area (Å²) in [5.74, 6) is 0. The molecule has 2 aliphatic heterocycles. The second-order valence-corrected chi connectivity index (χ2v) is 7.21. The van der Waals surface area contributed by atoms with Crippen molar-refractivity contribution in [2.24, 2.45) is 5.73 Å². The average Bonchev–Trinajstić information content (AvgIpc) is 3.12. The second-order valence-electron chi connectivity index (χ2n) is 5.49. The molecule has 3 atom stereocenters. The lowest BCUT2D eigenvalue weighted by molar-refractivity contribution is 0.0996. The molecule has 3 rings (SSSR count). The van der Waals surface area contributed by atoms with E-state index < -0.39 is 10.0 Å². The Morgan fingerprint density at radius 2 is 2.30 bits per heavy atom. The van der Waals surface area contributed by atoms with E-state index >= 15 is 0 Å². The third-order valence-corrected chi connectivity index (χ3v) is 5.69. The number of aromatic nitrogens is 1. The average molecular weight is 299 g/mol. The van der Waals surface area contributed by atoms with Crippen molar-refractivity contribution < 1.29 is 13.2 Å². The number of nitrogens with one attached hydrogen (secondary N) is 1. The van der Waals surface area contributed by atoms with Crippen molar-refractivity contribution in [2.75, 3.05) is 0 Å². The number of fused-ring (bicyclic) bond motifs is 2. The standard InChI is InChI=1S/C13H21N3O3S/c1-2-16-8-11(5-9(16)7-14)20(17,18)15-12-6-10-3-4-13(12)19-10/h5,8,10,12-13,15H,2-4,6-7,14H2,1H3. The second kappa shape index (κ2) is 5.14. The Hall–Kier alpha value is -0.890. The van der Waals surface area contributed by atoms with Gasteiger partial charge in [0.05, 0.1) is 23.1 Å². The van der Waals surface area contributed by atoms with Gasteiger partial charge in [-0.05, 0) is 32.3 Å². The Morgan fingerprint density at radius 1 is 1.50 bits per heavy atom. The fourth-order valence-corrected chi connectivity index (χ4v) is 4.51. The number of nitrogens with zero attached hydrogens (tertiary/aromatic N) is 1. The summed E-state index contributed by atoms with van der Waals surface area (Å²) in [4.78, 5) is 0.294. The van der Waals surface area contributed by atoms with Gasteiger partial charge in [0, 0.05) is 25.0 Å². The van der Waals surface area contributed by atoms with Gasteiger partial charge in [-0.2, -0.15) is 0 Å². The molecule has 3 heterocycles. The van der Waals surface area contributed by atoms with Crippen LogP contribution in [0.3, 0.4) is 0 Å². The van der Waals surface area contributed by atoms with E-state index in [9.17, 15) is 8.42 Å². The molecule has 0 aromatic carbocycles. The molecule has 112 valence electrons. The molecule has 2 aliphatic rings. The summed E-state index contributed by atoms with van der Waals surface area (Å²) in [5, 5.41) is 0. The predicted octanol–water partition coefficient (Wildman–Crippen LogP) is 0.565. The number of sulfonamides is 1. The van der Waals surface area contributed by atoms with Crippen LogP contribution in [0.4, 0.5) is 0 Å². The van der Waals surface area contributed by atoms with Crippen LogP contribution >= 0.6 is 0 Å². The van der Waals surface area contributed by atoms with E-state index in [1.807, 2.05) is 11.5 Å². The van der Waals surface area contributed by atoms with E-state index in [4.69, 9.17) is 10.5 Å². The highest BCUT2D eigenvalue weighted by atomic mass is 32.2. The summed E-state index contributed by atoms with van der Waals surface area (Å²) in [6.07, 6.45) is 4.69. The van der Waals surface area contributed by atoms with Crippen LogP contribution in [0.1, 0.15) is 31.9 Å². The lowest BCUT2D eigenvalue weighted by atomic mass is 9.96. The van der Waals surface area contributed by atoms with E-state index in [1.165, 1.54) is 0 Å². The van der Waals surface area contributed by atoms with Gasteiger partial charge in [0.25, 0.3) is 0 Å². The molecule has 1 aromatic heterocycles. The molecular formula is C13H21N3O3S. The number of hydrogen-bond donors (Lipinski definition) is 2. The molecule has 3 N–H and O–H groups in total. The van der Waals surface area contributed by atoms with Crippen LogP contribution in [0, 0.1) is 0 Å². The van der Waals surface area contributed by atoms with E-state index in [2.05, 4.69) is 4.72 Å². The van der Waals surface area contributed by atoms with Crippen LogP contribution in [0.5, 0.6) is 0 Å². The van der Waals surface area contributed by atoms with Crippen molar-refractivity contribution in [3.63, 3.8) is 0 Å². The molecule has 1 aromatic rings. The van der Waals surface area contributed by atoms with Crippen molar-refractivity contribution in [1.82, 2.24) is 9.29 Å². The molecule has 7 heteroatoms. The fourth-order valence-electron chi connectivity index (χ4n) is 3.17. The van der Waals surface area contributed by atoms with Crippen LogP contribution in [-0.2, 0) is 27.8 Å². The van der Waals surface area contributed by atoms with Gasteiger partial charge in [-0.1, -0.05) is 0 Å². The normalized spacial score (nSPS) is 29.2. The summed E-state index contributed by atoms with van der Waals surface area (Å²) < 4.78 is 35.2. The van der Waals surface area contributed by atoms with Gasteiger partial charge < -0.3 is 15.0 Å². The summed E-state index contributed by atoms with van der Waals surface area (Å²) in [6, 6.07) is 1.56. The quantitative estimate of drug-likeness (QED) is 0.832. The van der Waals surface area contributed by atoms with Crippen molar-refractivity contribution in [3.05, 3.63) is 18.0 Å². The minimum atomic E-state index is -3.49. The molecule has 2 saturated heterocycles. The zero-order chi connectivity index (χ0) is 14.3. The highest BCUT2D eigenvalue weighted by molar-refractivity contribution is 7.89. The van der Waals surface area contributed by atoms with Crippen molar-refractivity contribution in [2.45, 2.75) is 62.4 Å². The maximum absolute atomic E-state index is 12.4. The summed E-state index contributed by atoms with van der Waals surface area (Å²) >= 11 is 0. The van der Waals surface area contributed by atoms with Gasteiger partial charge in [0.15, 0.2) is 0 Å². The summed E-state index contributed by atoms with van der Waals surface area (Å²) in [7, 11) is -3.49. The first-order valence-electron chi connectivity index (χ1n) is 7.10. The maximum atomic E-state index is 12.4. The Balaban J connectivity index is 1.79. The van der Waals surface area contributed by atoms with Gasteiger partial charge in [-0.15, -0.1) is 0 Å². The molecule has 0 saturated carbocycles. The van der Waals surface area contributed by atoms with Crippen molar-refractivity contribution >= 4 is 10.0 Å². The molecule has 20 heavy (non-hydrogen) atoms. The monoisotopic (exact) mass is 299 g/mol. The zero-order valence-corrected chi connectivity index (χ0v) is 12.4. The molecule has 0 aliphatic carbocycles. The first kappa shape index (κ1) is 14.1. The third-order valence-electron chi connectivity index (χ3n) is 4.23. The Labute approximate surface area is 119 Å². The molecule has 2 fully saturated rings. The van der Waals surface area contributed by atoms with Gasteiger partial charge in [-0.3, -0.25) is 0 Å². The molecule has 3 unspecified atom stereocenters. The van der Waals surface area contributed by atoms with Gasteiger partial charge in [0.2, 0.25) is 10.0 Å². The molecular weight excluding hydrogens is 278 g/mol. The highest BCUT2D eigenvalue weighted by Crippen LogP contribution is 2.35. The lowest BCUT2D eigenvalue weighted by Crippen LogP contribution is -2.41. The van der Waals surface area contributed by atoms with E-state index in [1.54, 1.807) is 12.3 Å². The van der Waals surface area contributed by atoms with E-state index in [-0.39, 0.29) is 18.2 Å². The van der Waals surface area contributed by atoms with Gasteiger partial charge in [-0.25, -0.2) is 13.1 Å². The molecule has 0 spiro atoms. The van der Waals surface area contributed by atoms with Gasteiger partial charge in [0.1, 0.15) is 0 Å². The zero-order valence-electron chi connectivity index (χ0n) is 11.6. The third kappa shape index (κ3) is 2.39. The first-order valence-corrected chi connectivity index (χ1v) is 8.58.